The summed E-state index contributed by atoms with van der Waals surface area (Å²) in [5.41, 5.74) is 3.18. The number of rotatable bonds is 3. The van der Waals surface area contributed by atoms with Crippen molar-refractivity contribution >= 4 is 11.6 Å². The molecular formula is C16H20ClN3. The van der Waals surface area contributed by atoms with E-state index in [9.17, 15) is 0 Å². The quantitative estimate of drug-likeness (QED) is 0.859. The number of aromatic nitrogens is 2. The third-order valence-electron chi connectivity index (χ3n) is 4.41. The van der Waals surface area contributed by atoms with E-state index in [0.717, 1.165) is 41.1 Å². The Morgan fingerprint density at radius 3 is 2.55 bits per heavy atom. The van der Waals surface area contributed by atoms with Crippen molar-refractivity contribution < 1.29 is 0 Å². The lowest BCUT2D eigenvalue weighted by Crippen LogP contribution is -2.52. The van der Waals surface area contributed by atoms with Crippen LogP contribution < -0.4 is 0 Å². The second-order valence-corrected chi connectivity index (χ2v) is 6.11. The Labute approximate surface area is 125 Å². The van der Waals surface area contributed by atoms with Crippen molar-refractivity contribution in [2.45, 2.75) is 33.4 Å². The summed E-state index contributed by atoms with van der Waals surface area (Å²) in [5.74, 6) is 0.776. The molecule has 0 N–H and O–H groups in total. The van der Waals surface area contributed by atoms with Gasteiger partial charge in [-0.2, -0.15) is 5.10 Å². The highest BCUT2D eigenvalue weighted by Crippen LogP contribution is 2.30. The summed E-state index contributed by atoms with van der Waals surface area (Å²) in [7, 11) is 0. The van der Waals surface area contributed by atoms with Crippen LogP contribution >= 0.6 is 11.6 Å². The average Bonchev–Trinajstić information content (AvgIpc) is 2.75. The zero-order valence-corrected chi connectivity index (χ0v) is 12.9. The van der Waals surface area contributed by atoms with Crippen molar-refractivity contribution in [2.75, 3.05) is 6.54 Å². The summed E-state index contributed by atoms with van der Waals surface area (Å²) in [4.78, 5) is 2.45. The summed E-state index contributed by atoms with van der Waals surface area (Å²) in [6.45, 7) is 8.65. The molecule has 20 heavy (non-hydrogen) atoms. The van der Waals surface area contributed by atoms with Crippen molar-refractivity contribution in [3.05, 3.63) is 46.7 Å². The van der Waals surface area contributed by atoms with Gasteiger partial charge in [-0.15, -0.1) is 0 Å². The maximum atomic E-state index is 6.55. The fourth-order valence-electron chi connectivity index (χ4n) is 2.77. The van der Waals surface area contributed by atoms with E-state index in [0.29, 0.717) is 6.04 Å². The molecule has 2 heterocycles. The van der Waals surface area contributed by atoms with Crippen LogP contribution in [-0.4, -0.2) is 27.3 Å². The highest BCUT2D eigenvalue weighted by atomic mass is 35.5. The molecule has 1 aliphatic heterocycles. The molecule has 1 aliphatic rings. The van der Waals surface area contributed by atoms with Gasteiger partial charge in [-0.25, -0.2) is 4.68 Å². The van der Waals surface area contributed by atoms with Gasteiger partial charge in [-0.3, -0.25) is 4.90 Å². The molecule has 2 unspecified atom stereocenters. The van der Waals surface area contributed by atoms with E-state index >= 15 is 0 Å². The van der Waals surface area contributed by atoms with Crippen LogP contribution in [0, 0.1) is 12.8 Å². The van der Waals surface area contributed by atoms with Gasteiger partial charge in [-0.1, -0.05) is 36.7 Å². The van der Waals surface area contributed by atoms with Gasteiger partial charge in [-0.05, 0) is 31.9 Å². The third kappa shape index (κ3) is 2.25. The standard InChI is InChI=1S/C16H20ClN3/c1-11-9-19(13(11)3)10-15-12(2)18-20(16(15)17)14-7-5-4-6-8-14/h4-8,11,13H,9-10H2,1-3H3. The smallest absolute Gasteiger partial charge is 0.137 e. The fraction of sp³-hybridized carbons (Fsp3) is 0.438. The minimum absolute atomic E-state index is 0.630. The molecule has 3 nitrogen and oxygen atoms in total. The number of benzene rings is 1. The Morgan fingerprint density at radius 1 is 1.25 bits per heavy atom. The van der Waals surface area contributed by atoms with Gasteiger partial charge in [0.15, 0.2) is 0 Å². The summed E-state index contributed by atoms with van der Waals surface area (Å²) in [6.07, 6.45) is 0. The molecule has 0 saturated carbocycles. The summed E-state index contributed by atoms with van der Waals surface area (Å²) in [5, 5.41) is 5.33. The van der Waals surface area contributed by atoms with Gasteiger partial charge < -0.3 is 0 Å². The number of likely N-dealkylation sites (tertiary alicyclic amines) is 1. The minimum atomic E-state index is 0.630. The van der Waals surface area contributed by atoms with E-state index in [-0.39, 0.29) is 0 Å². The first-order chi connectivity index (χ1) is 9.58. The van der Waals surface area contributed by atoms with Gasteiger partial charge in [0.2, 0.25) is 0 Å². The number of nitrogens with zero attached hydrogens (tertiary/aromatic N) is 3. The van der Waals surface area contributed by atoms with Crippen LogP contribution in [0.5, 0.6) is 0 Å². The predicted octanol–water partition coefficient (Wildman–Crippen LogP) is 3.67. The molecule has 3 rings (SSSR count). The van der Waals surface area contributed by atoms with Gasteiger partial charge in [0.1, 0.15) is 5.15 Å². The second kappa shape index (κ2) is 5.23. The molecule has 2 aromatic rings. The molecule has 106 valence electrons. The number of aryl methyl sites for hydroxylation is 1. The van der Waals surface area contributed by atoms with Gasteiger partial charge in [0.25, 0.3) is 0 Å². The van der Waals surface area contributed by atoms with Gasteiger partial charge in [0.05, 0.1) is 11.4 Å². The van der Waals surface area contributed by atoms with E-state index in [1.54, 1.807) is 0 Å². The molecule has 1 saturated heterocycles. The summed E-state index contributed by atoms with van der Waals surface area (Å²) in [6, 6.07) is 10.7. The lowest BCUT2D eigenvalue weighted by Gasteiger charge is -2.44. The Balaban J connectivity index is 1.88. The predicted molar refractivity (Wildman–Crippen MR) is 82.3 cm³/mol. The van der Waals surface area contributed by atoms with Crippen LogP contribution in [0.3, 0.4) is 0 Å². The molecular weight excluding hydrogens is 270 g/mol. The molecule has 1 fully saturated rings. The minimum Gasteiger partial charge on any atom is -0.296 e. The molecule has 0 radical (unpaired) electrons. The van der Waals surface area contributed by atoms with E-state index < -0.39 is 0 Å². The second-order valence-electron chi connectivity index (χ2n) is 5.75. The van der Waals surface area contributed by atoms with Crippen molar-refractivity contribution in [1.29, 1.82) is 0 Å². The lowest BCUT2D eigenvalue weighted by atomic mass is 9.91. The molecule has 2 atom stereocenters. The highest BCUT2D eigenvalue weighted by Gasteiger charge is 2.32. The van der Waals surface area contributed by atoms with Crippen molar-refractivity contribution in [3.63, 3.8) is 0 Å². The molecule has 0 bridgehead atoms. The fourth-order valence-corrected chi connectivity index (χ4v) is 3.11. The Bertz CT molecular complexity index is 606. The van der Waals surface area contributed by atoms with E-state index in [2.05, 4.69) is 23.8 Å². The SMILES string of the molecule is Cc1nn(-c2ccccc2)c(Cl)c1CN1CC(C)C1C. The molecule has 1 aromatic heterocycles. The topological polar surface area (TPSA) is 21.1 Å². The molecule has 0 amide bonds. The zero-order chi connectivity index (χ0) is 14.3. The van der Waals surface area contributed by atoms with Crippen LogP contribution in [0.25, 0.3) is 5.69 Å². The van der Waals surface area contributed by atoms with Crippen molar-refractivity contribution in [2.24, 2.45) is 5.92 Å². The monoisotopic (exact) mass is 289 g/mol. The number of halogens is 1. The summed E-state index contributed by atoms with van der Waals surface area (Å²) >= 11 is 6.55. The highest BCUT2D eigenvalue weighted by molar-refractivity contribution is 6.30. The molecule has 0 aliphatic carbocycles. The van der Waals surface area contributed by atoms with Crippen LogP contribution in [0.15, 0.2) is 30.3 Å². The van der Waals surface area contributed by atoms with Crippen LogP contribution in [0.4, 0.5) is 0 Å². The summed E-state index contributed by atoms with van der Waals surface area (Å²) < 4.78 is 1.83. The Kier molecular flexibility index (Phi) is 3.57. The first-order valence-electron chi connectivity index (χ1n) is 7.11. The average molecular weight is 290 g/mol. The van der Waals surface area contributed by atoms with Crippen molar-refractivity contribution in [3.8, 4) is 5.69 Å². The number of para-hydroxylation sites is 1. The Hall–Kier alpha value is -1.32. The van der Waals surface area contributed by atoms with Gasteiger partial charge in [0, 0.05) is 24.7 Å². The van der Waals surface area contributed by atoms with Crippen LogP contribution in [0.2, 0.25) is 5.15 Å². The molecule has 4 heteroatoms. The molecule has 1 aromatic carbocycles. The van der Waals surface area contributed by atoms with E-state index in [1.165, 1.54) is 0 Å². The van der Waals surface area contributed by atoms with Crippen LogP contribution in [0.1, 0.15) is 25.1 Å². The first-order valence-corrected chi connectivity index (χ1v) is 7.49. The maximum absolute atomic E-state index is 6.55. The Morgan fingerprint density at radius 2 is 1.95 bits per heavy atom. The number of hydrogen-bond acceptors (Lipinski definition) is 2. The van der Waals surface area contributed by atoms with E-state index in [1.807, 2.05) is 41.9 Å². The maximum Gasteiger partial charge on any atom is 0.137 e. The van der Waals surface area contributed by atoms with Crippen molar-refractivity contribution in [1.82, 2.24) is 14.7 Å². The van der Waals surface area contributed by atoms with E-state index in [4.69, 9.17) is 11.6 Å². The zero-order valence-electron chi connectivity index (χ0n) is 12.2. The third-order valence-corrected chi connectivity index (χ3v) is 4.79. The lowest BCUT2D eigenvalue weighted by molar-refractivity contribution is 0.0305. The first kappa shape index (κ1) is 13.7. The molecule has 0 spiro atoms. The number of hydrogen-bond donors (Lipinski definition) is 0. The normalized spacial score (nSPS) is 22.8. The van der Waals surface area contributed by atoms with Gasteiger partial charge >= 0.3 is 0 Å². The largest absolute Gasteiger partial charge is 0.296 e. The van der Waals surface area contributed by atoms with Crippen LogP contribution in [-0.2, 0) is 6.54 Å².